The van der Waals surface area contributed by atoms with Crippen molar-refractivity contribution in [1.29, 1.82) is 0 Å². The maximum Gasteiger partial charge on any atom is 0.139 e. The quantitative estimate of drug-likeness (QED) is 0.509. The molecule has 0 aliphatic rings. The maximum absolute atomic E-state index is 14.3. The average molecular weight is 318 g/mol. The van der Waals surface area contributed by atoms with E-state index in [0.717, 1.165) is 16.7 Å². The van der Waals surface area contributed by atoms with Crippen LogP contribution >= 0.6 is 0 Å². The molecule has 0 radical (unpaired) electrons. The Kier molecular flexibility index (Phi) is 4.44. The zero-order valence-corrected chi connectivity index (χ0v) is 13.5. The van der Waals surface area contributed by atoms with Crippen molar-refractivity contribution in [3.63, 3.8) is 0 Å². The van der Waals surface area contributed by atoms with Crippen molar-refractivity contribution in [2.24, 2.45) is 0 Å². The van der Waals surface area contributed by atoms with Crippen molar-refractivity contribution in [3.8, 4) is 23.0 Å². The highest BCUT2D eigenvalue weighted by molar-refractivity contribution is 5.65. The summed E-state index contributed by atoms with van der Waals surface area (Å²) in [5, 5.41) is 0. The molecule has 0 aliphatic carbocycles. The fraction of sp³-hybridized carbons (Fsp3) is 0.0909. The number of hydrogen-bond acceptors (Lipinski definition) is 0. The van der Waals surface area contributed by atoms with Crippen LogP contribution in [-0.2, 0) is 0 Å². The van der Waals surface area contributed by atoms with Gasteiger partial charge in [0.05, 0.1) is 5.56 Å². The summed E-state index contributed by atoms with van der Waals surface area (Å²) in [6.45, 7) is 3.70. The SMILES string of the molecule is Cc1ccc(-c2ccc(C#Cc3ccc(C)c(F)c3)c(F)c2)cc1. The Morgan fingerprint density at radius 1 is 0.667 bits per heavy atom. The molecule has 0 N–H and O–H groups in total. The molecular weight excluding hydrogens is 302 g/mol. The van der Waals surface area contributed by atoms with Gasteiger partial charge in [0.1, 0.15) is 11.6 Å². The Hall–Kier alpha value is -2.92. The van der Waals surface area contributed by atoms with Crippen molar-refractivity contribution in [3.05, 3.63) is 94.6 Å². The average Bonchev–Trinajstić information content (AvgIpc) is 2.57. The first-order chi connectivity index (χ1) is 11.5. The van der Waals surface area contributed by atoms with Crippen molar-refractivity contribution in [2.45, 2.75) is 13.8 Å². The largest absolute Gasteiger partial charge is 0.207 e. The molecule has 24 heavy (non-hydrogen) atoms. The van der Waals surface area contributed by atoms with E-state index in [1.54, 1.807) is 25.1 Å². The van der Waals surface area contributed by atoms with Crippen LogP contribution in [0.25, 0.3) is 11.1 Å². The predicted octanol–water partition coefficient (Wildman–Crippen LogP) is 5.65. The van der Waals surface area contributed by atoms with Gasteiger partial charge in [-0.2, -0.15) is 0 Å². The summed E-state index contributed by atoms with van der Waals surface area (Å²) >= 11 is 0. The van der Waals surface area contributed by atoms with Crippen LogP contribution < -0.4 is 0 Å². The molecule has 0 amide bonds. The van der Waals surface area contributed by atoms with Gasteiger partial charge in [-0.15, -0.1) is 0 Å². The van der Waals surface area contributed by atoms with Crippen LogP contribution in [0, 0.1) is 37.3 Å². The molecule has 0 saturated heterocycles. The molecule has 3 aromatic rings. The van der Waals surface area contributed by atoms with Gasteiger partial charge in [0, 0.05) is 5.56 Å². The van der Waals surface area contributed by atoms with Gasteiger partial charge in [-0.1, -0.05) is 53.8 Å². The first kappa shape index (κ1) is 16.0. The summed E-state index contributed by atoms with van der Waals surface area (Å²) in [7, 11) is 0. The van der Waals surface area contributed by atoms with Crippen LogP contribution in [0.5, 0.6) is 0 Å². The van der Waals surface area contributed by atoms with Gasteiger partial charge in [0.25, 0.3) is 0 Å². The van der Waals surface area contributed by atoms with Gasteiger partial charge in [0.15, 0.2) is 0 Å². The van der Waals surface area contributed by atoms with Crippen LogP contribution in [0.1, 0.15) is 22.3 Å². The number of hydrogen-bond donors (Lipinski definition) is 0. The lowest BCUT2D eigenvalue weighted by Crippen LogP contribution is -1.87. The lowest BCUT2D eigenvalue weighted by atomic mass is 10.0. The summed E-state index contributed by atoms with van der Waals surface area (Å²) in [5.41, 5.74) is 4.31. The number of benzene rings is 3. The Morgan fingerprint density at radius 3 is 2.04 bits per heavy atom. The normalized spacial score (nSPS) is 10.2. The zero-order valence-electron chi connectivity index (χ0n) is 13.5. The zero-order chi connectivity index (χ0) is 17.1. The Labute approximate surface area is 140 Å². The fourth-order valence-electron chi connectivity index (χ4n) is 2.35. The third-order valence-corrected chi connectivity index (χ3v) is 3.87. The Morgan fingerprint density at radius 2 is 1.38 bits per heavy atom. The summed E-state index contributed by atoms with van der Waals surface area (Å²) in [6, 6.07) is 17.6. The van der Waals surface area contributed by atoms with Gasteiger partial charge in [-0.05, 0) is 54.8 Å². The summed E-state index contributed by atoms with van der Waals surface area (Å²) in [4.78, 5) is 0. The lowest BCUT2D eigenvalue weighted by molar-refractivity contribution is 0.618. The van der Waals surface area contributed by atoms with E-state index in [4.69, 9.17) is 0 Å². The van der Waals surface area contributed by atoms with E-state index >= 15 is 0 Å². The van der Waals surface area contributed by atoms with Crippen LogP contribution in [0.15, 0.2) is 60.7 Å². The van der Waals surface area contributed by atoms with Crippen molar-refractivity contribution in [2.75, 3.05) is 0 Å². The van der Waals surface area contributed by atoms with Crippen molar-refractivity contribution in [1.82, 2.24) is 0 Å². The van der Waals surface area contributed by atoms with E-state index in [0.29, 0.717) is 16.7 Å². The molecule has 118 valence electrons. The number of halogens is 2. The molecule has 2 heteroatoms. The highest BCUT2D eigenvalue weighted by Crippen LogP contribution is 2.22. The van der Waals surface area contributed by atoms with Gasteiger partial charge < -0.3 is 0 Å². The lowest BCUT2D eigenvalue weighted by Gasteiger charge is -2.04. The number of aryl methyl sites for hydroxylation is 2. The molecule has 0 unspecified atom stereocenters. The smallest absolute Gasteiger partial charge is 0.139 e. The number of rotatable bonds is 1. The van der Waals surface area contributed by atoms with Crippen molar-refractivity contribution >= 4 is 0 Å². The maximum atomic E-state index is 14.3. The van der Waals surface area contributed by atoms with Gasteiger partial charge in [-0.3, -0.25) is 0 Å². The molecule has 0 aliphatic heterocycles. The van der Waals surface area contributed by atoms with Gasteiger partial charge in [0.2, 0.25) is 0 Å². The van der Waals surface area contributed by atoms with Crippen LogP contribution in [-0.4, -0.2) is 0 Å². The minimum absolute atomic E-state index is 0.298. The topological polar surface area (TPSA) is 0 Å². The standard InChI is InChI=1S/C22H16F2/c1-15-3-8-18(9-4-15)20-12-11-19(22(24)14-20)10-7-17-6-5-16(2)21(23)13-17/h3-6,8-9,11-14H,1-2H3. The van der Waals surface area contributed by atoms with E-state index in [2.05, 4.69) is 11.8 Å². The highest BCUT2D eigenvalue weighted by atomic mass is 19.1. The molecule has 0 spiro atoms. The van der Waals surface area contributed by atoms with Crippen LogP contribution in [0.4, 0.5) is 8.78 Å². The molecular formula is C22H16F2. The van der Waals surface area contributed by atoms with E-state index < -0.39 is 0 Å². The Balaban J connectivity index is 1.89. The molecule has 0 bridgehead atoms. The monoisotopic (exact) mass is 318 g/mol. The van der Waals surface area contributed by atoms with E-state index in [9.17, 15) is 8.78 Å². The first-order valence-electron chi connectivity index (χ1n) is 7.68. The predicted molar refractivity (Wildman–Crippen MR) is 93.7 cm³/mol. The minimum atomic E-state index is -0.381. The molecule has 3 aromatic carbocycles. The molecule has 0 fully saturated rings. The molecule has 0 atom stereocenters. The third-order valence-electron chi connectivity index (χ3n) is 3.87. The second-order valence-corrected chi connectivity index (χ2v) is 5.77. The molecule has 0 nitrogen and oxygen atoms in total. The second-order valence-electron chi connectivity index (χ2n) is 5.77. The minimum Gasteiger partial charge on any atom is -0.207 e. The third kappa shape index (κ3) is 3.52. The van der Waals surface area contributed by atoms with E-state index in [1.807, 2.05) is 37.3 Å². The summed E-state index contributed by atoms with van der Waals surface area (Å²) in [6.07, 6.45) is 0. The van der Waals surface area contributed by atoms with Gasteiger partial charge in [-0.25, -0.2) is 8.78 Å². The molecule has 0 aromatic heterocycles. The molecule has 0 heterocycles. The van der Waals surface area contributed by atoms with Gasteiger partial charge >= 0.3 is 0 Å². The fourth-order valence-corrected chi connectivity index (χ4v) is 2.35. The van der Waals surface area contributed by atoms with E-state index in [1.165, 1.54) is 12.1 Å². The first-order valence-corrected chi connectivity index (χ1v) is 7.68. The molecule has 0 saturated carbocycles. The summed E-state index contributed by atoms with van der Waals surface area (Å²) in [5.74, 6) is 4.89. The Bertz CT molecular complexity index is 942. The van der Waals surface area contributed by atoms with Crippen LogP contribution in [0.2, 0.25) is 0 Å². The van der Waals surface area contributed by atoms with Crippen molar-refractivity contribution < 1.29 is 8.78 Å². The summed E-state index contributed by atoms with van der Waals surface area (Å²) < 4.78 is 27.8. The second kappa shape index (κ2) is 6.68. The van der Waals surface area contributed by atoms with Crippen LogP contribution in [0.3, 0.4) is 0 Å². The van der Waals surface area contributed by atoms with E-state index in [-0.39, 0.29) is 11.6 Å². The molecule has 3 rings (SSSR count). The highest BCUT2D eigenvalue weighted by Gasteiger charge is 2.04.